The van der Waals surface area contributed by atoms with Gasteiger partial charge in [-0.2, -0.15) is 0 Å². The largest absolute Gasteiger partial charge is 0.496 e. The van der Waals surface area contributed by atoms with Crippen molar-refractivity contribution in [2.75, 3.05) is 7.11 Å². The zero-order valence-corrected chi connectivity index (χ0v) is 9.69. The van der Waals surface area contributed by atoms with Crippen molar-refractivity contribution in [3.63, 3.8) is 0 Å². The molecule has 0 saturated carbocycles. The van der Waals surface area contributed by atoms with Gasteiger partial charge in [-0.3, -0.25) is 9.59 Å². The summed E-state index contributed by atoms with van der Waals surface area (Å²) >= 11 is 0. The van der Waals surface area contributed by atoms with Gasteiger partial charge in [-0.05, 0) is 30.2 Å². The minimum absolute atomic E-state index is 0.0383. The van der Waals surface area contributed by atoms with Gasteiger partial charge in [-0.15, -0.1) is 0 Å². The average Bonchev–Trinajstić information content (AvgIpc) is 2.30. The summed E-state index contributed by atoms with van der Waals surface area (Å²) in [5, 5.41) is 2.26. The topological polar surface area (TPSA) is 81.4 Å². The summed E-state index contributed by atoms with van der Waals surface area (Å²) in [5.41, 5.74) is 6.79. The molecule has 0 aromatic heterocycles. The molecule has 1 rings (SSSR count). The van der Waals surface area contributed by atoms with Crippen LogP contribution in [0, 0.1) is 6.92 Å². The number of ether oxygens (including phenoxy) is 1. The molecule has 5 nitrogen and oxygen atoms in total. The molecule has 0 aliphatic carbocycles. The molecule has 0 atom stereocenters. The van der Waals surface area contributed by atoms with Gasteiger partial charge in [0.05, 0.1) is 7.11 Å². The molecule has 0 bridgehead atoms. The first-order valence-electron chi connectivity index (χ1n) is 4.95. The normalized spacial score (nSPS) is 10.8. The Balaban J connectivity index is 3.19. The molecule has 5 heteroatoms. The van der Waals surface area contributed by atoms with Crippen molar-refractivity contribution in [1.29, 1.82) is 0 Å². The molecule has 1 aromatic rings. The van der Waals surface area contributed by atoms with Crippen molar-refractivity contribution >= 4 is 18.4 Å². The van der Waals surface area contributed by atoms with Gasteiger partial charge in [0.1, 0.15) is 11.4 Å². The Morgan fingerprint density at radius 3 is 2.71 bits per heavy atom. The quantitative estimate of drug-likeness (QED) is 0.577. The van der Waals surface area contributed by atoms with Crippen molar-refractivity contribution in [1.82, 2.24) is 5.32 Å². The predicted molar refractivity (Wildman–Crippen MR) is 64.1 cm³/mol. The smallest absolute Gasteiger partial charge is 0.265 e. The zero-order valence-electron chi connectivity index (χ0n) is 9.69. The minimum atomic E-state index is -0.695. The minimum Gasteiger partial charge on any atom is -0.496 e. The fourth-order valence-electron chi connectivity index (χ4n) is 1.41. The predicted octanol–water partition coefficient (Wildman–Crippen LogP) is 0.576. The van der Waals surface area contributed by atoms with Crippen LogP contribution in [0.2, 0.25) is 0 Å². The third kappa shape index (κ3) is 3.07. The molecule has 0 heterocycles. The molecule has 1 aromatic carbocycles. The lowest BCUT2D eigenvalue weighted by Gasteiger charge is -2.08. The van der Waals surface area contributed by atoms with Crippen LogP contribution in [0.5, 0.6) is 5.75 Å². The van der Waals surface area contributed by atoms with Crippen LogP contribution < -0.4 is 15.8 Å². The van der Waals surface area contributed by atoms with Crippen LogP contribution in [0.3, 0.4) is 0 Å². The molecule has 0 saturated heterocycles. The van der Waals surface area contributed by atoms with E-state index in [4.69, 9.17) is 10.5 Å². The lowest BCUT2D eigenvalue weighted by Crippen LogP contribution is -2.25. The third-order valence-electron chi connectivity index (χ3n) is 2.33. The number of carbonyl (C=O) groups is 2. The van der Waals surface area contributed by atoms with Crippen LogP contribution in [0.15, 0.2) is 23.9 Å². The summed E-state index contributed by atoms with van der Waals surface area (Å²) < 4.78 is 5.15. The number of hydrogen-bond donors (Lipinski definition) is 2. The Kier molecular flexibility index (Phi) is 4.28. The van der Waals surface area contributed by atoms with Crippen LogP contribution in [0.4, 0.5) is 0 Å². The summed E-state index contributed by atoms with van der Waals surface area (Å²) in [5.74, 6) is 0.00740. The molecule has 2 amide bonds. The van der Waals surface area contributed by atoms with Crippen molar-refractivity contribution in [2.45, 2.75) is 6.92 Å². The summed E-state index contributed by atoms with van der Waals surface area (Å²) in [6.45, 7) is 1.85. The molecule has 0 aliphatic heterocycles. The SMILES string of the molecule is COc1cccc(/C=C(\NC=O)C(N)=O)c1C. The lowest BCUT2D eigenvalue weighted by molar-refractivity contribution is -0.116. The van der Waals surface area contributed by atoms with E-state index in [-0.39, 0.29) is 5.70 Å². The second-order valence-electron chi connectivity index (χ2n) is 3.36. The number of benzene rings is 1. The maximum absolute atomic E-state index is 11.1. The molecular weight excluding hydrogens is 220 g/mol. The summed E-state index contributed by atoms with van der Waals surface area (Å²) in [6, 6.07) is 5.40. The zero-order chi connectivity index (χ0) is 12.8. The first kappa shape index (κ1) is 12.8. The van der Waals surface area contributed by atoms with Gasteiger partial charge in [0.2, 0.25) is 6.41 Å². The van der Waals surface area contributed by atoms with Gasteiger partial charge < -0.3 is 15.8 Å². The molecule has 17 heavy (non-hydrogen) atoms. The van der Waals surface area contributed by atoms with Gasteiger partial charge in [0, 0.05) is 0 Å². The number of nitrogens with one attached hydrogen (secondary N) is 1. The van der Waals surface area contributed by atoms with Crippen molar-refractivity contribution in [3.05, 3.63) is 35.0 Å². The van der Waals surface area contributed by atoms with E-state index in [1.54, 1.807) is 19.2 Å². The number of amides is 2. The number of primary amides is 1. The Hall–Kier alpha value is -2.30. The molecule has 0 fully saturated rings. The van der Waals surface area contributed by atoms with Crippen molar-refractivity contribution < 1.29 is 14.3 Å². The van der Waals surface area contributed by atoms with E-state index in [1.807, 2.05) is 13.0 Å². The van der Waals surface area contributed by atoms with Gasteiger partial charge in [-0.25, -0.2) is 0 Å². The second-order valence-corrected chi connectivity index (χ2v) is 3.36. The number of methoxy groups -OCH3 is 1. The molecule has 3 N–H and O–H groups in total. The number of carbonyl (C=O) groups excluding carboxylic acids is 2. The van der Waals surface area contributed by atoms with E-state index >= 15 is 0 Å². The van der Waals surface area contributed by atoms with Gasteiger partial charge in [0.25, 0.3) is 5.91 Å². The second kappa shape index (κ2) is 5.69. The molecule has 0 spiro atoms. The molecule has 0 radical (unpaired) electrons. The summed E-state index contributed by atoms with van der Waals surface area (Å²) in [4.78, 5) is 21.4. The van der Waals surface area contributed by atoms with Crippen LogP contribution in [-0.4, -0.2) is 19.4 Å². The highest BCUT2D eigenvalue weighted by Crippen LogP contribution is 2.22. The van der Waals surface area contributed by atoms with Crippen molar-refractivity contribution in [3.8, 4) is 5.75 Å². The highest BCUT2D eigenvalue weighted by atomic mass is 16.5. The number of hydrogen-bond acceptors (Lipinski definition) is 3. The standard InChI is InChI=1S/C12H14N2O3/c1-8-9(4-3-5-11(8)17-2)6-10(12(13)16)14-7-15/h3-7H,1-2H3,(H2,13,16)(H,14,15)/b10-6-. The Labute approximate surface area is 99.3 Å². The lowest BCUT2D eigenvalue weighted by atomic mass is 10.1. The van der Waals surface area contributed by atoms with Crippen LogP contribution in [0.25, 0.3) is 6.08 Å². The Bertz CT molecular complexity index is 467. The summed E-state index contributed by atoms with van der Waals surface area (Å²) in [6.07, 6.45) is 1.92. The van der Waals surface area contributed by atoms with Gasteiger partial charge in [-0.1, -0.05) is 12.1 Å². The van der Waals surface area contributed by atoms with Gasteiger partial charge in [0.15, 0.2) is 0 Å². The first-order chi connectivity index (χ1) is 8.10. The number of rotatable bonds is 5. The molecular formula is C12H14N2O3. The van der Waals surface area contributed by atoms with E-state index in [2.05, 4.69) is 5.32 Å². The third-order valence-corrected chi connectivity index (χ3v) is 2.33. The Morgan fingerprint density at radius 1 is 1.47 bits per heavy atom. The van der Waals surface area contributed by atoms with E-state index < -0.39 is 5.91 Å². The van der Waals surface area contributed by atoms with E-state index in [0.717, 1.165) is 11.1 Å². The highest BCUT2D eigenvalue weighted by Gasteiger charge is 2.07. The first-order valence-corrected chi connectivity index (χ1v) is 4.95. The molecule has 90 valence electrons. The highest BCUT2D eigenvalue weighted by molar-refractivity contribution is 5.98. The van der Waals surface area contributed by atoms with Crippen LogP contribution >= 0.6 is 0 Å². The van der Waals surface area contributed by atoms with E-state index in [1.165, 1.54) is 6.08 Å². The fraction of sp³-hybridized carbons (Fsp3) is 0.167. The molecule has 0 unspecified atom stereocenters. The van der Waals surface area contributed by atoms with Crippen LogP contribution in [0.1, 0.15) is 11.1 Å². The van der Waals surface area contributed by atoms with Crippen molar-refractivity contribution in [2.24, 2.45) is 5.73 Å². The fourth-order valence-corrected chi connectivity index (χ4v) is 1.41. The number of nitrogens with two attached hydrogens (primary N) is 1. The Morgan fingerprint density at radius 2 is 2.18 bits per heavy atom. The van der Waals surface area contributed by atoms with E-state index in [9.17, 15) is 9.59 Å². The van der Waals surface area contributed by atoms with Crippen LogP contribution in [-0.2, 0) is 9.59 Å². The monoisotopic (exact) mass is 234 g/mol. The van der Waals surface area contributed by atoms with Gasteiger partial charge >= 0.3 is 0 Å². The average molecular weight is 234 g/mol. The van der Waals surface area contributed by atoms with E-state index in [0.29, 0.717) is 12.2 Å². The maximum atomic E-state index is 11.1. The maximum Gasteiger partial charge on any atom is 0.265 e. The summed E-state index contributed by atoms with van der Waals surface area (Å²) in [7, 11) is 1.56. The molecule has 0 aliphatic rings.